The lowest BCUT2D eigenvalue weighted by Crippen LogP contribution is -2.37. The smallest absolute Gasteiger partial charge is 0.396 e. The summed E-state index contributed by atoms with van der Waals surface area (Å²) in [5.41, 5.74) is 1.42. The fraction of sp³-hybridized carbons (Fsp3) is 0.308. The van der Waals surface area contributed by atoms with Gasteiger partial charge in [0.2, 0.25) is 0 Å². The van der Waals surface area contributed by atoms with Crippen molar-refractivity contribution in [3.8, 4) is 17.2 Å². The largest absolute Gasteiger partial charge is 0.647 e. The summed E-state index contributed by atoms with van der Waals surface area (Å²) in [6, 6.07) is 22.0. The molecule has 190 valence electrons. The maximum atomic E-state index is 13.5. The number of hydrogen-bond acceptors (Lipinski definition) is 8. The predicted molar refractivity (Wildman–Crippen MR) is 134 cm³/mol. The molecule has 0 saturated heterocycles. The fourth-order valence-electron chi connectivity index (χ4n) is 2.69. The van der Waals surface area contributed by atoms with E-state index in [-0.39, 0.29) is 0 Å². The first-order valence-corrected chi connectivity index (χ1v) is 12.5. The monoisotopic (exact) mass is 504 g/mol. The topological polar surface area (TPSA) is 126 Å². The number of aryl methyl sites for hydroxylation is 3. The van der Waals surface area contributed by atoms with Crippen LogP contribution < -0.4 is 13.6 Å². The standard InChI is InChI=1S/C21H21O4P.C5H12O4/c1-16-10-4-7-13-19(16)23-26(22,24-20-14-8-5-11-17(20)2)25-21-15-9-6-12-18(21)3;6-1-5(2-7,3-8)4-9/h4-15H,1-3H3;6-9H,1-4H2. The number of aliphatic hydroxyl groups excluding tert-OH is 4. The Morgan fingerprint density at radius 2 is 0.829 bits per heavy atom. The minimum Gasteiger partial charge on any atom is -0.396 e. The van der Waals surface area contributed by atoms with E-state index < -0.39 is 39.7 Å². The van der Waals surface area contributed by atoms with Crippen molar-refractivity contribution in [1.82, 2.24) is 0 Å². The molecule has 0 amide bonds. The molecular weight excluding hydrogens is 471 g/mol. The molecule has 0 aliphatic carbocycles. The number of para-hydroxylation sites is 3. The van der Waals surface area contributed by atoms with Crippen LogP contribution in [-0.2, 0) is 4.57 Å². The molecule has 9 heteroatoms. The van der Waals surface area contributed by atoms with Crippen molar-refractivity contribution in [2.75, 3.05) is 26.4 Å². The van der Waals surface area contributed by atoms with Crippen LogP contribution in [0, 0.1) is 26.2 Å². The highest BCUT2D eigenvalue weighted by molar-refractivity contribution is 7.49. The Kier molecular flexibility index (Phi) is 10.8. The number of hydrogen-bond donors (Lipinski definition) is 4. The summed E-state index contributed by atoms with van der Waals surface area (Å²) < 4.78 is 30.8. The average molecular weight is 505 g/mol. The third-order valence-electron chi connectivity index (χ3n) is 5.25. The molecule has 4 N–H and O–H groups in total. The molecule has 0 saturated carbocycles. The van der Waals surface area contributed by atoms with Crippen LogP contribution >= 0.6 is 7.82 Å². The summed E-state index contributed by atoms with van der Waals surface area (Å²) >= 11 is 0. The SMILES string of the molecule is Cc1ccccc1OP(=O)(Oc1ccccc1C)Oc1ccccc1C.OCC(CO)(CO)CO. The van der Waals surface area contributed by atoms with Crippen molar-refractivity contribution in [3.05, 3.63) is 89.5 Å². The molecule has 0 aliphatic heterocycles. The Hall–Kier alpha value is -2.87. The molecule has 0 atom stereocenters. The van der Waals surface area contributed by atoms with Gasteiger partial charge in [-0.1, -0.05) is 54.6 Å². The summed E-state index contributed by atoms with van der Waals surface area (Å²) in [6.07, 6.45) is 0. The van der Waals surface area contributed by atoms with Gasteiger partial charge in [0, 0.05) is 0 Å². The molecule has 0 aromatic heterocycles. The highest BCUT2D eigenvalue weighted by Gasteiger charge is 2.34. The van der Waals surface area contributed by atoms with E-state index in [2.05, 4.69) is 0 Å². The second-order valence-corrected chi connectivity index (χ2v) is 9.59. The molecule has 3 aromatic carbocycles. The molecule has 0 fully saturated rings. The highest BCUT2D eigenvalue weighted by atomic mass is 31.2. The highest BCUT2D eigenvalue weighted by Crippen LogP contribution is 2.51. The Balaban J connectivity index is 0.000000410. The zero-order chi connectivity index (χ0) is 25.9. The Bertz CT molecular complexity index is 974. The second-order valence-electron chi connectivity index (χ2n) is 8.15. The van der Waals surface area contributed by atoms with Crippen LogP contribution in [-0.4, -0.2) is 46.9 Å². The summed E-state index contributed by atoms with van der Waals surface area (Å²) in [5.74, 6) is 1.37. The molecule has 0 radical (unpaired) electrons. The van der Waals surface area contributed by atoms with Crippen LogP contribution in [0.2, 0.25) is 0 Å². The Morgan fingerprint density at radius 1 is 0.571 bits per heavy atom. The first-order chi connectivity index (χ1) is 16.7. The summed E-state index contributed by atoms with van der Waals surface area (Å²) in [4.78, 5) is 0. The lowest BCUT2D eigenvalue weighted by molar-refractivity contribution is -0.0328. The van der Waals surface area contributed by atoms with Crippen molar-refractivity contribution in [3.63, 3.8) is 0 Å². The molecule has 0 aliphatic rings. The maximum absolute atomic E-state index is 13.5. The molecular formula is C26H33O8P. The zero-order valence-corrected chi connectivity index (χ0v) is 21.0. The van der Waals surface area contributed by atoms with Gasteiger partial charge in [0.1, 0.15) is 17.2 Å². The molecule has 35 heavy (non-hydrogen) atoms. The maximum Gasteiger partial charge on any atom is 0.647 e. The van der Waals surface area contributed by atoms with Crippen LogP contribution in [0.5, 0.6) is 17.2 Å². The minimum absolute atomic E-state index is 0.406. The Labute approximate surface area is 206 Å². The van der Waals surface area contributed by atoms with Crippen molar-refractivity contribution in [1.29, 1.82) is 0 Å². The van der Waals surface area contributed by atoms with Gasteiger partial charge in [-0.3, -0.25) is 0 Å². The number of rotatable bonds is 10. The second kappa shape index (κ2) is 13.3. The van der Waals surface area contributed by atoms with E-state index in [0.717, 1.165) is 16.7 Å². The number of aliphatic hydroxyl groups is 4. The van der Waals surface area contributed by atoms with Crippen molar-refractivity contribution < 1.29 is 38.6 Å². The lowest BCUT2D eigenvalue weighted by atomic mass is 9.93. The summed E-state index contributed by atoms with van der Waals surface area (Å²) in [6.45, 7) is 4.00. The van der Waals surface area contributed by atoms with Gasteiger partial charge in [0.15, 0.2) is 0 Å². The van der Waals surface area contributed by atoms with Gasteiger partial charge < -0.3 is 34.0 Å². The molecule has 0 bridgehead atoms. The quantitative estimate of drug-likeness (QED) is 0.303. The van der Waals surface area contributed by atoms with Crippen LogP contribution in [0.4, 0.5) is 0 Å². The molecule has 0 unspecified atom stereocenters. The van der Waals surface area contributed by atoms with Gasteiger partial charge in [0.05, 0.1) is 31.8 Å². The van der Waals surface area contributed by atoms with Crippen LogP contribution in [0.25, 0.3) is 0 Å². The van der Waals surface area contributed by atoms with Gasteiger partial charge in [-0.15, -0.1) is 0 Å². The molecule has 0 spiro atoms. The van der Waals surface area contributed by atoms with E-state index in [1.54, 1.807) is 18.2 Å². The molecule has 0 heterocycles. The van der Waals surface area contributed by atoms with Crippen molar-refractivity contribution >= 4 is 7.82 Å². The third-order valence-corrected chi connectivity index (χ3v) is 6.51. The third kappa shape index (κ3) is 8.09. The van der Waals surface area contributed by atoms with Gasteiger partial charge >= 0.3 is 7.82 Å². The molecule has 8 nitrogen and oxygen atoms in total. The minimum atomic E-state index is -3.97. The zero-order valence-electron chi connectivity index (χ0n) is 20.1. The van der Waals surface area contributed by atoms with E-state index in [1.165, 1.54) is 0 Å². The van der Waals surface area contributed by atoms with Crippen LogP contribution in [0.15, 0.2) is 72.8 Å². The normalized spacial score (nSPS) is 11.3. The first-order valence-electron chi connectivity index (χ1n) is 11.0. The Morgan fingerprint density at radius 3 is 1.03 bits per heavy atom. The van der Waals surface area contributed by atoms with Gasteiger partial charge in [-0.25, -0.2) is 0 Å². The average Bonchev–Trinajstić information content (AvgIpc) is 2.86. The summed E-state index contributed by atoms with van der Waals surface area (Å²) in [5, 5.41) is 34.0. The van der Waals surface area contributed by atoms with E-state index in [4.69, 9.17) is 34.0 Å². The number of benzene rings is 3. The van der Waals surface area contributed by atoms with Crippen molar-refractivity contribution in [2.45, 2.75) is 20.8 Å². The number of phosphoric ester groups is 1. The first kappa shape index (κ1) is 28.4. The van der Waals surface area contributed by atoms with Crippen molar-refractivity contribution in [2.24, 2.45) is 5.41 Å². The fourth-order valence-corrected chi connectivity index (χ4v) is 4.14. The molecule has 3 aromatic rings. The predicted octanol–water partition coefficient (Wildman–Crippen LogP) is 4.20. The number of phosphoric acid groups is 1. The van der Waals surface area contributed by atoms with E-state index >= 15 is 0 Å². The van der Waals surface area contributed by atoms with Gasteiger partial charge in [-0.2, -0.15) is 4.57 Å². The van der Waals surface area contributed by atoms with Gasteiger partial charge in [-0.05, 0) is 55.7 Å². The van der Waals surface area contributed by atoms with Crippen LogP contribution in [0.1, 0.15) is 16.7 Å². The van der Waals surface area contributed by atoms with Crippen LogP contribution in [0.3, 0.4) is 0 Å². The van der Waals surface area contributed by atoms with E-state index in [0.29, 0.717) is 17.2 Å². The summed E-state index contributed by atoms with van der Waals surface area (Å²) in [7, 11) is -3.97. The van der Waals surface area contributed by atoms with E-state index in [1.807, 2.05) is 75.4 Å². The van der Waals surface area contributed by atoms with E-state index in [9.17, 15) is 4.57 Å². The lowest BCUT2D eigenvalue weighted by Gasteiger charge is -2.23. The molecule has 3 rings (SSSR count). The van der Waals surface area contributed by atoms with Gasteiger partial charge in [0.25, 0.3) is 0 Å².